The highest BCUT2D eigenvalue weighted by atomic mass is 16.6. The van der Waals surface area contributed by atoms with Gasteiger partial charge in [0, 0.05) is 37.9 Å². The zero-order valence-corrected chi connectivity index (χ0v) is 16.5. The van der Waals surface area contributed by atoms with E-state index >= 15 is 0 Å². The van der Waals surface area contributed by atoms with Gasteiger partial charge in [-0.05, 0) is 32.9 Å². The Morgan fingerprint density at radius 3 is 2.39 bits per heavy atom. The Morgan fingerprint density at radius 2 is 1.75 bits per heavy atom. The number of rotatable bonds is 5. The van der Waals surface area contributed by atoms with Crippen molar-refractivity contribution in [2.45, 2.75) is 26.9 Å². The third kappa shape index (κ3) is 4.44. The van der Waals surface area contributed by atoms with Crippen LogP contribution in [0, 0.1) is 6.92 Å². The SMILES string of the molecule is CCOC(=O)N1CCN(C(=O)C(C)Oc2nn(-c3ccccc3)cc2C)CC1. The molecule has 0 radical (unpaired) electrons. The molecule has 1 aromatic heterocycles. The molecule has 3 rings (SSSR count). The van der Waals surface area contributed by atoms with Gasteiger partial charge in [-0.15, -0.1) is 5.10 Å². The molecule has 1 aliphatic heterocycles. The minimum absolute atomic E-state index is 0.114. The number of aryl methyl sites for hydroxylation is 1. The molecule has 2 amide bonds. The monoisotopic (exact) mass is 386 g/mol. The molecule has 1 aromatic carbocycles. The standard InChI is InChI=1S/C20H26N4O4/c1-4-27-20(26)23-12-10-22(11-13-23)19(25)16(3)28-18-15(2)14-24(21-18)17-8-6-5-7-9-17/h5-9,14,16H,4,10-13H2,1-3H3. The van der Waals surface area contributed by atoms with Crippen molar-refractivity contribution in [3.63, 3.8) is 0 Å². The first-order valence-electron chi connectivity index (χ1n) is 9.48. The van der Waals surface area contributed by atoms with Gasteiger partial charge in [0.25, 0.3) is 5.91 Å². The summed E-state index contributed by atoms with van der Waals surface area (Å²) in [5, 5.41) is 4.46. The predicted octanol–water partition coefficient (Wildman–Crippen LogP) is 2.25. The maximum atomic E-state index is 12.7. The van der Waals surface area contributed by atoms with Gasteiger partial charge in [-0.1, -0.05) is 18.2 Å². The van der Waals surface area contributed by atoms with Crippen molar-refractivity contribution in [3.05, 3.63) is 42.1 Å². The summed E-state index contributed by atoms with van der Waals surface area (Å²) < 4.78 is 12.6. The molecule has 8 heteroatoms. The normalized spacial score (nSPS) is 15.2. The Hall–Kier alpha value is -3.03. The third-order valence-corrected chi connectivity index (χ3v) is 4.63. The third-order valence-electron chi connectivity index (χ3n) is 4.63. The summed E-state index contributed by atoms with van der Waals surface area (Å²) in [5.74, 6) is 0.326. The second kappa shape index (κ2) is 8.77. The number of ether oxygens (including phenoxy) is 2. The zero-order valence-electron chi connectivity index (χ0n) is 16.5. The smallest absolute Gasteiger partial charge is 0.409 e. The van der Waals surface area contributed by atoms with E-state index < -0.39 is 6.10 Å². The molecule has 1 saturated heterocycles. The van der Waals surface area contributed by atoms with Gasteiger partial charge in [0.2, 0.25) is 5.88 Å². The number of para-hydroxylation sites is 1. The lowest BCUT2D eigenvalue weighted by molar-refractivity contribution is -0.139. The summed E-state index contributed by atoms with van der Waals surface area (Å²) in [4.78, 5) is 27.8. The fourth-order valence-electron chi connectivity index (χ4n) is 3.07. The highest BCUT2D eigenvalue weighted by Gasteiger charge is 2.29. The number of amides is 2. The fourth-order valence-corrected chi connectivity index (χ4v) is 3.07. The van der Waals surface area contributed by atoms with Crippen LogP contribution in [0.4, 0.5) is 4.79 Å². The first-order valence-corrected chi connectivity index (χ1v) is 9.48. The first-order chi connectivity index (χ1) is 13.5. The first kappa shape index (κ1) is 19.7. The molecule has 2 aromatic rings. The van der Waals surface area contributed by atoms with Gasteiger partial charge in [-0.3, -0.25) is 4.79 Å². The zero-order chi connectivity index (χ0) is 20.1. The fraction of sp³-hybridized carbons (Fsp3) is 0.450. The van der Waals surface area contributed by atoms with E-state index in [0.29, 0.717) is 38.7 Å². The Kier molecular flexibility index (Phi) is 6.18. The molecule has 2 heterocycles. The van der Waals surface area contributed by atoms with Gasteiger partial charge in [0.05, 0.1) is 12.3 Å². The predicted molar refractivity (Wildman–Crippen MR) is 104 cm³/mol. The average molecular weight is 386 g/mol. The van der Waals surface area contributed by atoms with Gasteiger partial charge < -0.3 is 19.3 Å². The minimum atomic E-state index is -0.660. The number of benzene rings is 1. The molecule has 0 N–H and O–H groups in total. The van der Waals surface area contributed by atoms with Gasteiger partial charge in [0.1, 0.15) is 0 Å². The van der Waals surface area contributed by atoms with Gasteiger partial charge >= 0.3 is 6.09 Å². The molecule has 1 atom stereocenters. The second-order valence-electron chi connectivity index (χ2n) is 6.67. The van der Waals surface area contributed by atoms with Crippen LogP contribution in [0.15, 0.2) is 36.5 Å². The summed E-state index contributed by atoms with van der Waals surface area (Å²) >= 11 is 0. The lowest BCUT2D eigenvalue weighted by Crippen LogP contribution is -2.53. The highest BCUT2D eigenvalue weighted by Crippen LogP contribution is 2.20. The largest absolute Gasteiger partial charge is 0.463 e. The van der Waals surface area contributed by atoms with Gasteiger partial charge in [-0.2, -0.15) is 0 Å². The van der Waals surface area contributed by atoms with E-state index in [1.54, 1.807) is 28.3 Å². The number of aromatic nitrogens is 2. The number of piperazine rings is 1. The summed E-state index contributed by atoms with van der Waals surface area (Å²) in [5.41, 5.74) is 1.78. The van der Waals surface area contributed by atoms with Crippen LogP contribution in [0.25, 0.3) is 5.69 Å². The molecule has 150 valence electrons. The lowest BCUT2D eigenvalue weighted by atomic mass is 10.2. The van der Waals surface area contributed by atoms with Crippen LogP contribution in [-0.4, -0.2) is 70.5 Å². The van der Waals surface area contributed by atoms with Crippen molar-refractivity contribution in [3.8, 4) is 11.6 Å². The molecule has 1 aliphatic rings. The quantitative estimate of drug-likeness (QED) is 0.788. The Balaban J connectivity index is 1.58. The number of nitrogens with zero attached hydrogens (tertiary/aromatic N) is 4. The van der Waals surface area contributed by atoms with Crippen LogP contribution in [0.5, 0.6) is 5.88 Å². The van der Waals surface area contributed by atoms with Crippen LogP contribution < -0.4 is 4.74 Å². The van der Waals surface area contributed by atoms with E-state index in [9.17, 15) is 9.59 Å². The van der Waals surface area contributed by atoms with Gasteiger partial charge in [-0.25, -0.2) is 9.48 Å². The molecule has 28 heavy (non-hydrogen) atoms. The van der Waals surface area contributed by atoms with Crippen molar-refractivity contribution < 1.29 is 19.1 Å². The van der Waals surface area contributed by atoms with Crippen LogP contribution >= 0.6 is 0 Å². The maximum Gasteiger partial charge on any atom is 0.409 e. The number of carbonyl (C=O) groups excluding carboxylic acids is 2. The average Bonchev–Trinajstić information content (AvgIpc) is 3.08. The topological polar surface area (TPSA) is 76.9 Å². The van der Waals surface area contributed by atoms with Crippen molar-refractivity contribution in [1.82, 2.24) is 19.6 Å². The molecule has 1 unspecified atom stereocenters. The van der Waals surface area contributed by atoms with Crippen molar-refractivity contribution in [1.29, 1.82) is 0 Å². The van der Waals surface area contributed by atoms with E-state index in [-0.39, 0.29) is 12.0 Å². The maximum absolute atomic E-state index is 12.7. The summed E-state index contributed by atoms with van der Waals surface area (Å²) in [7, 11) is 0. The molecule has 1 fully saturated rings. The van der Waals surface area contributed by atoms with E-state index in [0.717, 1.165) is 11.3 Å². The molecule has 0 spiro atoms. The molecular formula is C20H26N4O4. The Bertz CT molecular complexity index is 813. The highest BCUT2D eigenvalue weighted by molar-refractivity contribution is 5.81. The number of hydrogen-bond donors (Lipinski definition) is 0. The van der Waals surface area contributed by atoms with Crippen LogP contribution in [0.3, 0.4) is 0 Å². The van der Waals surface area contributed by atoms with Crippen LogP contribution in [0.1, 0.15) is 19.4 Å². The summed E-state index contributed by atoms with van der Waals surface area (Å²) in [6.45, 7) is 7.58. The van der Waals surface area contributed by atoms with Gasteiger partial charge in [0.15, 0.2) is 6.10 Å². The lowest BCUT2D eigenvalue weighted by Gasteiger charge is -2.35. The van der Waals surface area contributed by atoms with E-state index in [1.165, 1.54) is 0 Å². The van der Waals surface area contributed by atoms with E-state index in [2.05, 4.69) is 5.10 Å². The van der Waals surface area contributed by atoms with Crippen LogP contribution in [0.2, 0.25) is 0 Å². The Morgan fingerprint density at radius 1 is 1.11 bits per heavy atom. The minimum Gasteiger partial charge on any atom is -0.463 e. The number of carbonyl (C=O) groups is 2. The van der Waals surface area contributed by atoms with Crippen LogP contribution in [-0.2, 0) is 9.53 Å². The van der Waals surface area contributed by atoms with E-state index in [4.69, 9.17) is 9.47 Å². The molecule has 0 bridgehead atoms. The van der Waals surface area contributed by atoms with Crippen molar-refractivity contribution >= 4 is 12.0 Å². The summed E-state index contributed by atoms with van der Waals surface area (Å²) in [6.07, 6.45) is 0.882. The van der Waals surface area contributed by atoms with Crippen molar-refractivity contribution in [2.75, 3.05) is 32.8 Å². The number of hydrogen-bond acceptors (Lipinski definition) is 5. The van der Waals surface area contributed by atoms with Crippen molar-refractivity contribution in [2.24, 2.45) is 0 Å². The molecule has 8 nitrogen and oxygen atoms in total. The summed E-state index contributed by atoms with van der Waals surface area (Å²) in [6, 6.07) is 9.73. The molecule has 0 aliphatic carbocycles. The second-order valence-corrected chi connectivity index (χ2v) is 6.67. The van der Waals surface area contributed by atoms with E-state index in [1.807, 2.05) is 43.5 Å². The molecular weight excluding hydrogens is 360 g/mol. The molecule has 0 saturated carbocycles. The Labute approximate surface area is 164 Å².